The van der Waals surface area contributed by atoms with Crippen molar-refractivity contribution in [2.24, 2.45) is 5.92 Å². The van der Waals surface area contributed by atoms with E-state index >= 15 is 0 Å². The van der Waals surface area contributed by atoms with Crippen molar-refractivity contribution >= 4 is 11.8 Å². The van der Waals surface area contributed by atoms with E-state index in [2.05, 4.69) is 28.7 Å². The third-order valence-corrected chi connectivity index (χ3v) is 7.32. The summed E-state index contributed by atoms with van der Waals surface area (Å²) in [7, 11) is 0. The maximum absolute atomic E-state index is 13.0. The maximum Gasteiger partial charge on any atom is 0.269 e. The molecular formula is C25H32N4O3. The Morgan fingerprint density at radius 3 is 2.72 bits per heavy atom. The highest BCUT2D eigenvalue weighted by Gasteiger charge is 2.33. The van der Waals surface area contributed by atoms with Gasteiger partial charge in [-0.25, -0.2) is 0 Å². The van der Waals surface area contributed by atoms with Crippen molar-refractivity contribution in [1.82, 2.24) is 20.4 Å². The van der Waals surface area contributed by atoms with Crippen molar-refractivity contribution in [3.63, 3.8) is 0 Å². The van der Waals surface area contributed by atoms with Crippen LogP contribution in [0.2, 0.25) is 0 Å². The summed E-state index contributed by atoms with van der Waals surface area (Å²) in [5.74, 6) is 0.495. The molecule has 0 saturated heterocycles. The summed E-state index contributed by atoms with van der Waals surface area (Å²) in [5.41, 5.74) is 4.06. The molecule has 0 bridgehead atoms. The van der Waals surface area contributed by atoms with Crippen LogP contribution in [-0.4, -0.2) is 40.3 Å². The number of nitrogens with one attached hydrogen (secondary N) is 2. The van der Waals surface area contributed by atoms with E-state index in [0.29, 0.717) is 18.2 Å². The Labute approximate surface area is 188 Å². The summed E-state index contributed by atoms with van der Waals surface area (Å²) in [6, 6.07) is 7.97. The van der Waals surface area contributed by atoms with E-state index in [1.54, 1.807) is 12.3 Å². The zero-order valence-corrected chi connectivity index (χ0v) is 18.7. The van der Waals surface area contributed by atoms with Crippen LogP contribution >= 0.6 is 0 Å². The normalized spacial score (nSPS) is 25.1. The smallest absolute Gasteiger partial charge is 0.269 e. The predicted octanol–water partition coefficient (Wildman–Crippen LogP) is 3.07. The van der Waals surface area contributed by atoms with Crippen LogP contribution in [0.25, 0.3) is 0 Å². The van der Waals surface area contributed by atoms with Gasteiger partial charge in [0.2, 0.25) is 0 Å². The Kier molecular flexibility index (Phi) is 6.00. The second-order valence-corrected chi connectivity index (χ2v) is 9.53. The van der Waals surface area contributed by atoms with Gasteiger partial charge in [0.15, 0.2) is 6.10 Å². The molecule has 2 amide bonds. The van der Waals surface area contributed by atoms with Gasteiger partial charge in [0.25, 0.3) is 11.8 Å². The van der Waals surface area contributed by atoms with E-state index < -0.39 is 6.10 Å². The second kappa shape index (κ2) is 9.06. The number of nitrogens with zero attached hydrogens (tertiary/aromatic N) is 2. The Hall–Kier alpha value is -2.67. The average Bonchev–Trinajstić information content (AvgIpc) is 3.40. The fourth-order valence-electron chi connectivity index (χ4n) is 5.27. The number of hydrogen-bond acceptors (Lipinski definition) is 4. The minimum atomic E-state index is -0.548. The van der Waals surface area contributed by atoms with Crippen LogP contribution in [-0.2, 0) is 22.5 Å². The number of aryl methyl sites for hydroxylation is 1. The van der Waals surface area contributed by atoms with Gasteiger partial charge in [-0.15, -0.1) is 0 Å². The molecule has 1 aliphatic heterocycles. The van der Waals surface area contributed by atoms with Gasteiger partial charge in [-0.1, -0.05) is 24.6 Å². The van der Waals surface area contributed by atoms with Gasteiger partial charge in [0.1, 0.15) is 5.69 Å². The summed E-state index contributed by atoms with van der Waals surface area (Å²) in [4.78, 5) is 25.8. The molecule has 0 spiro atoms. The number of hydrogen-bond donors (Lipinski definition) is 2. The number of ether oxygens (including phenoxy) is 1. The molecule has 32 heavy (non-hydrogen) atoms. The first-order chi connectivity index (χ1) is 15.6. The third-order valence-electron chi connectivity index (χ3n) is 7.32. The van der Waals surface area contributed by atoms with Gasteiger partial charge in [-0.3, -0.25) is 14.3 Å². The molecule has 3 atom stereocenters. The molecule has 1 unspecified atom stereocenters. The maximum atomic E-state index is 13.0. The van der Waals surface area contributed by atoms with Crippen molar-refractivity contribution in [2.45, 2.75) is 76.6 Å². The Morgan fingerprint density at radius 2 is 1.94 bits per heavy atom. The Morgan fingerprint density at radius 1 is 1.12 bits per heavy atom. The van der Waals surface area contributed by atoms with E-state index in [-0.39, 0.29) is 23.9 Å². The van der Waals surface area contributed by atoms with Crippen molar-refractivity contribution in [3.8, 4) is 0 Å². The third kappa shape index (κ3) is 4.31. The first kappa shape index (κ1) is 21.2. The van der Waals surface area contributed by atoms with Crippen LogP contribution in [0, 0.1) is 12.8 Å². The molecule has 5 rings (SSSR count). The van der Waals surface area contributed by atoms with E-state index in [4.69, 9.17) is 4.74 Å². The number of amides is 2. The molecule has 2 fully saturated rings. The molecule has 2 N–H and O–H groups in total. The number of aromatic nitrogens is 2. The van der Waals surface area contributed by atoms with Crippen molar-refractivity contribution < 1.29 is 14.3 Å². The molecule has 0 radical (unpaired) electrons. The molecule has 2 aromatic rings. The number of carbonyl (C=O) groups excluding carboxylic acids is 2. The van der Waals surface area contributed by atoms with E-state index in [0.717, 1.165) is 37.8 Å². The summed E-state index contributed by atoms with van der Waals surface area (Å²) in [5, 5.41) is 10.7. The van der Waals surface area contributed by atoms with Crippen LogP contribution in [0.15, 0.2) is 30.5 Å². The fourth-order valence-corrected chi connectivity index (χ4v) is 5.27. The van der Waals surface area contributed by atoms with Gasteiger partial charge >= 0.3 is 0 Å². The molecule has 170 valence electrons. The van der Waals surface area contributed by atoms with Crippen LogP contribution < -0.4 is 10.6 Å². The fraction of sp³-hybridized carbons (Fsp3) is 0.560. The summed E-state index contributed by atoms with van der Waals surface area (Å²) in [6.45, 7) is 3.47. The topological polar surface area (TPSA) is 85.2 Å². The van der Waals surface area contributed by atoms with Gasteiger partial charge < -0.3 is 15.4 Å². The first-order valence-electron chi connectivity index (χ1n) is 11.9. The number of benzene rings is 1. The summed E-state index contributed by atoms with van der Waals surface area (Å²) >= 11 is 0. The number of rotatable bonds is 6. The molecular weight excluding hydrogens is 404 g/mol. The molecule has 7 heteroatoms. The zero-order valence-electron chi connectivity index (χ0n) is 18.7. The molecule has 7 nitrogen and oxygen atoms in total. The lowest BCUT2D eigenvalue weighted by atomic mass is 9.85. The lowest BCUT2D eigenvalue weighted by molar-refractivity contribution is -0.134. The van der Waals surface area contributed by atoms with Crippen LogP contribution in [0.5, 0.6) is 0 Å². The molecule has 1 aromatic heterocycles. The number of carbonyl (C=O) groups is 2. The van der Waals surface area contributed by atoms with E-state index in [9.17, 15) is 9.59 Å². The predicted molar refractivity (Wildman–Crippen MR) is 120 cm³/mol. The Balaban J connectivity index is 1.16. The van der Waals surface area contributed by atoms with Crippen molar-refractivity contribution in [1.29, 1.82) is 0 Å². The molecule has 2 saturated carbocycles. The Bertz CT molecular complexity index is 997. The minimum Gasteiger partial charge on any atom is -0.363 e. The van der Waals surface area contributed by atoms with Gasteiger partial charge in [0.05, 0.1) is 6.61 Å². The second-order valence-electron chi connectivity index (χ2n) is 9.53. The monoisotopic (exact) mass is 436 g/mol. The van der Waals surface area contributed by atoms with Crippen molar-refractivity contribution in [2.75, 3.05) is 6.61 Å². The van der Waals surface area contributed by atoms with E-state index in [1.165, 1.54) is 30.4 Å². The van der Waals surface area contributed by atoms with Crippen LogP contribution in [0.3, 0.4) is 0 Å². The molecule has 3 aliphatic rings. The molecule has 1 aromatic carbocycles. The summed E-state index contributed by atoms with van der Waals surface area (Å²) in [6.07, 6.45) is 8.17. The largest absolute Gasteiger partial charge is 0.363 e. The standard InChI is InChI=1S/C25H32N4O3/c1-16-4-2-7-21-20(16)11-13-32-23(21)25(31)28-19-9-8-18(14-19)27-24(30)22-10-12-26-29(22)15-17-5-3-6-17/h2,4,7,10,12,17-19,23H,3,5-6,8-9,11,13-15H2,1H3,(H,27,30)(H,28,31)/t18-,19+,23?/m0/s1. The lowest BCUT2D eigenvalue weighted by Gasteiger charge is -2.27. The number of fused-ring (bicyclic) bond motifs is 1. The lowest BCUT2D eigenvalue weighted by Crippen LogP contribution is -2.41. The molecule has 2 heterocycles. The average molecular weight is 437 g/mol. The highest BCUT2D eigenvalue weighted by atomic mass is 16.5. The quantitative estimate of drug-likeness (QED) is 0.729. The molecule has 2 aliphatic carbocycles. The van der Waals surface area contributed by atoms with Crippen molar-refractivity contribution in [3.05, 3.63) is 52.8 Å². The van der Waals surface area contributed by atoms with E-state index in [1.807, 2.05) is 16.8 Å². The first-order valence-corrected chi connectivity index (χ1v) is 11.9. The summed E-state index contributed by atoms with van der Waals surface area (Å²) < 4.78 is 7.68. The van der Waals surface area contributed by atoms with Crippen LogP contribution in [0.1, 0.15) is 71.8 Å². The van der Waals surface area contributed by atoms with Gasteiger partial charge in [-0.05, 0) is 74.1 Å². The minimum absolute atomic E-state index is 0.0477. The highest BCUT2D eigenvalue weighted by Crippen LogP contribution is 2.30. The van der Waals surface area contributed by atoms with Gasteiger partial charge in [0, 0.05) is 24.8 Å². The SMILES string of the molecule is Cc1cccc2c1CCOC2C(=O)N[C@@H]1CC[C@H](NC(=O)c2ccnn2CC2CCC2)C1. The van der Waals surface area contributed by atoms with Crippen LogP contribution in [0.4, 0.5) is 0 Å². The van der Waals surface area contributed by atoms with Gasteiger partial charge in [-0.2, -0.15) is 5.10 Å². The highest BCUT2D eigenvalue weighted by molar-refractivity contribution is 5.92. The zero-order chi connectivity index (χ0) is 22.1.